The molecule has 0 aliphatic carbocycles. The Kier molecular flexibility index (Phi) is 4.24. The SMILES string of the molecule is CCN(c1ccccc1)S(=O)(=O)c1ccc(CO)s1. The fourth-order valence-electron chi connectivity index (χ4n) is 1.78. The van der Waals surface area contributed by atoms with Gasteiger partial charge in [0.05, 0.1) is 12.3 Å². The van der Waals surface area contributed by atoms with Gasteiger partial charge in [-0.05, 0) is 31.2 Å². The summed E-state index contributed by atoms with van der Waals surface area (Å²) in [5.74, 6) is 0. The zero-order chi connectivity index (χ0) is 13.9. The van der Waals surface area contributed by atoms with Crippen molar-refractivity contribution in [1.29, 1.82) is 0 Å². The number of benzene rings is 1. The Morgan fingerprint density at radius 1 is 1.16 bits per heavy atom. The van der Waals surface area contributed by atoms with Crippen LogP contribution in [0.25, 0.3) is 0 Å². The number of rotatable bonds is 5. The van der Waals surface area contributed by atoms with Crippen molar-refractivity contribution in [3.8, 4) is 0 Å². The normalized spacial score (nSPS) is 11.5. The molecule has 2 rings (SSSR count). The lowest BCUT2D eigenvalue weighted by Gasteiger charge is -2.21. The second kappa shape index (κ2) is 5.73. The second-order valence-corrected chi connectivity index (χ2v) is 7.14. The van der Waals surface area contributed by atoms with Crippen LogP contribution in [0.1, 0.15) is 11.8 Å². The predicted molar refractivity (Wildman–Crippen MR) is 76.9 cm³/mol. The molecule has 0 aliphatic heterocycles. The van der Waals surface area contributed by atoms with Crippen molar-refractivity contribution in [2.75, 3.05) is 10.8 Å². The zero-order valence-electron chi connectivity index (χ0n) is 10.5. The van der Waals surface area contributed by atoms with Crippen LogP contribution in [0.15, 0.2) is 46.7 Å². The van der Waals surface area contributed by atoms with E-state index >= 15 is 0 Å². The van der Waals surface area contributed by atoms with Crippen molar-refractivity contribution in [2.45, 2.75) is 17.7 Å². The minimum atomic E-state index is -3.55. The Labute approximate surface area is 117 Å². The van der Waals surface area contributed by atoms with Crippen LogP contribution in [0.2, 0.25) is 0 Å². The highest BCUT2D eigenvalue weighted by molar-refractivity contribution is 7.94. The zero-order valence-corrected chi connectivity index (χ0v) is 12.1. The Balaban J connectivity index is 2.42. The molecule has 102 valence electrons. The maximum Gasteiger partial charge on any atom is 0.273 e. The minimum absolute atomic E-state index is 0.141. The van der Waals surface area contributed by atoms with E-state index in [9.17, 15) is 8.42 Å². The maximum absolute atomic E-state index is 12.5. The standard InChI is InChI=1S/C13H15NO3S2/c1-2-14(11-6-4-3-5-7-11)19(16,17)13-9-8-12(10-15)18-13/h3-9,15H,2,10H2,1H3. The summed E-state index contributed by atoms with van der Waals surface area (Å²) in [7, 11) is -3.55. The van der Waals surface area contributed by atoms with E-state index in [1.165, 1.54) is 10.4 Å². The number of aliphatic hydroxyl groups excluding tert-OH is 1. The number of thiophene rings is 1. The third-order valence-corrected chi connectivity index (χ3v) is 6.11. The number of nitrogens with zero attached hydrogens (tertiary/aromatic N) is 1. The molecular formula is C13H15NO3S2. The highest BCUT2D eigenvalue weighted by atomic mass is 32.2. The van der Waals surface area contributed by atoms with Crippen LogP contribution in [0.5, 0.6) is 0 Å². The van der Waals surface area contributed by atoms with E-state index in [2.05, 4.69) is 0 Å². The first-order valence-electron chi connectivity index (χ1n) is 5.87. The molecule has 2 aromatic rings. The molecule has 0 radical (unpaired) electrons. The maximum atomic E-state index is 12.5. The molecule has 0 aliphatic rings. The topological polar surface area (TPSA) is 57.6 Å². The number of sulfonamides is 1. The van der Waals surface area contributed by atoms with Gasteiger partial charge < -0.3 is 5.11 Å². The summed E-state index contributed by atoms with van der Waals surface area (Å²) in [5.41, 5.74) is 0.643. The second-order valence-electron chi connectivity index (χ2n) is 3.88. The molecular weight excluding hydrogens is 282 g/mol. The first kappa shape index (κ1) is 14.0. The summed E-state index contributed by atoms with van der Waals surface area (Å²) in [4.78, 5) is 0.641. The van der Waals surface area contributed by atoms with Crippen LogP contribution in [-0.2, 0) is 16.6 Å². The van der Waals surface area contributed by atoms with E-state index in [1.54, 1.807) is 37.3 Å². The Morgan fingerprint density at radius 3 is 2.37 bits per heavy atom. The lowest BCUT2D eigenvalue weighted by molar-refractivity contribution is 0.285. The molecule has 6 heteroatoms. The predicted octanol–water partition coefficient (Wildman–Crippen LogP) is 2.46. The van der Waals surface area contributed by atoms with Gasteiger partial charge in [0, 0.05) is 11.4 Å². The molecule has 1 heterocycles. The number of hydrogen-bond acceptors (Lipinski definition) is 4. The largest absolute Gasteiger partial charge is 0.391 e. The molecule has 0 atom stereocenters. The number of para-hydroxylation sites is 1. The molecule has 0 unspecified atom stereocenters. The van der Waals surface area contributed by atoms with Crippen LogP contribution >= 0.6 is 11.3 Å². The number of anilines is 1. The summed E-state index contributed by atoms with van der Waals surface area (Å²) in [6.07, 6.45) is 0. The molecule has 0 fully saturated rings. The van der Waals surface area contributed by atoms with Gasteiger partial charge in [-0.3, -0.25) is 4.31 Å². The van der Waals surface area contributed by atoms with E-state index < -0.39 is 10.0 Å². The lowest BCUT2D eigenvalue weighted by atomic mass is 10.3. The summed E-state index contributed by atoms with van der Waals surface area (Å²) in [6, 6.07) is 12.2. The molecule has 1 N–H and O–H groups in total. The van der Waals surface area contributed by atoms with Crippen LogP contribution in [0.3, 0.4) is 0 Å². The van der Waals surface area contributed by atoms with Gasteiger partial charge in [-0.15, -0.1) is 11.3 Å². The van der Waals surface area contributed by atoms with Crippen molar-refractivity contribution in [3.05, 3.63) is 47.3 Å². The summed E-state index contributed by atoms with van der Waals surface area (Å²) < 4.78 is 26.7. The lowest BCUT2D eigenvalue weighted by Crippen LogP contribution is -2.30. The molecule has 1 aromatic heterocycles. The van der Waals surface area contributed by atoms with Crippen molar-refractivity contribution in [2.24, 2.45) is 0 Å². The van der Waals surface area contributed by atoms with E-state index in [0.29, 0.717) is 17.1 Å². The minimum Gasteiger partial charge on any atom is -0.391 e. The molecule has 1 aromatic carbocycles. The van der Waals surface area contributed by atoms with Crippen molar-refractivity contribution in [1.82, 2.24) is 0 Å². The number of hydrogen-bond donors (Lipinski definition) is 1. The van der Waals surface area contributed by atoms with Crippen LogP contribution in [-0.4, -0.2) is 20.1 Å². The van der Waals surface area contributed by atoms with Crippen LogP contribution in [0.4, 0.5) is 5.69 Å². The number of aliphatic hydroxyl groups is 1. The van der Waals surface area contributed by atoms with Crippen molar-refractivity contribution < 1.29 is 13.5 Å². The van der Waals surface area contributed by atoms with Gasteiger partial charge in [-0.2, -0.15) is 0 Å². The summed E-state index contributed by atoms with van der Waals surface area (Å²) in [6.45, 7) is 2.02. The Bertz CT molecular complexity index is 635. The van der Waals surface area contributed by atoms with E-state index in [-0.39, 0.29) is 10.8 Å². The highest BCUT2D eigenvalue weighted by Crippen LogP contribution is 2.28. The molecule has 0 saturated carbocycles. The van der Waals surface area contributed by atoms with Crippen LogP contribution in [0, 0.1) is 0 Å². The van der Waals surface area contributed by atoms with Gasteiger partial charge in [0.2, 0.25) is 0 Å². The van der Waals surface area contributed by atoms with Gasteiger partial charge in [-0.1, -0.05) is 18.2 Å². The third-order valence-electron chi connectivity index (χ3n) is 2.67. The first-order chi connectivity index (χ1) is 9.09. The van der Waals surface area contributed by atoms with Crippen molar-refractivity contribution >= 4 is 27.0 Å². The van der Waals surface area contributed by atoms with Gasteiger partial charge >= 0.3 is 0 Å². The fourth-order valence-corrected chi connectivity index (χ4v) is 4.58. The molecule has 19 heavy (non-hydrogen) atoms. The summed E-state index contributed by atoms with van der Waals surface area (Å²) in [5, 5.41) is 9.03. The molecule has 0 bridgehead atoms. The highest BCUT2D eigenvalue weighted by Gasteiger charge is 2.25. The molecule has 0 saturated heterocycles. The van der Waals surface area contributed by atoms with E-state index in [1.807, 2.05) is 6.07 Å². The van der Waals surface area contributed by atoms with Gasteiger partial charge in [0.1, 0.15) is 4.21 Å². The Hall–Kier alpha value is -1.37. The molecule has 0 amide bonds. The van der Waals surface area contributed by atoms with E-state index in [4.69, 9.17) is 5.11 Å². The monoisotopic (exact) mass is 297 g/mol. The quantitative estimate of drug-likeness (QED) is 0.922. The summed E-state index contributed by atoms with van der Waals surface area (Å²) >= 11 is 1.10. The van der Waals surface area contributed by atoms with Crippen molar-refractivity contribution in [3.63, 3.8) is 0 Å². The average Bonchev–Trinajstić information content (AvgIpc) is 2.90. The fraction of sp³-hybridized carbons (Fsp3) is 0.231. The van der Waals surface area contributed by atoms with Gasteiger partial charge in [0.25, 0.3) is 10.0 Å². The average molecular weight is 297 g/mol. The molecule has 4 nitrogen and oxygen atoms in total. The van der Waals surface area contributed by atoms with E-state index in [0.717, 1.165) is 11.3 Å². The van der Waals surface area contributed by atoms with Crippen LogP contribution < -0.4 is 4.31 Å². The van der Waals surface area contributed by atoms with Gasteiger partial charge in [-0.25, -0.2) is 8.42 Å². The molecule has 0 spiro atoms. The smallest absolute Gasteiger partial charge is 0.273 e. The third kappa shape index (κ3) is 2.80. The van der Waals surface area contributed by atoms with Gasteiger partial charge in [0.15, 0.2) is 0 Å². The first-order valence-corrected chi connectivity index (χ1v) is 8.12. The Morgan fingerprint density at radius 2 is 1.84 bits per heavy atom.